The molecule has 138 valence electrons. The summed E-state index contributed by atoms with van der Waals surface area (Å²) >= 11 is 6.18. The van der Waals surface area contributed by atoms with Gasteiger partial charge in [0.05, 0.1) is 30.1 Å². The lowest BCUT2D eigenvalue weighted by atomic mass is 10.2. The molecule has 0 spiro atoms. The van der Waals surface area contributed by atoms with Gasteiger partial charge >= 0.3 is 0 Å². The molecule has 0 saturated carbocycles. The van der Waals surface area contributed by atoms with Crippen LogP contribution in [-0.2, 0) is 11.3 Å². The predicted octanol–water partition coefficient (Wildman–Crippen LogP) is 2.50. The van der Waals surface area contributed by atoms with Crippen molar-refractivity contribution in [1.82, 2.24) is 14.8 Å². The van der Waals surface area contributed by atoms with Crippen LogP contribution in [0.5, 0.6) is 5.75 Å². The summed E-state index contributed by atoms with van der Waals surface area (Å²) in [7, 11) is 1.60. The molecule has 1 saturated heterocycles. The van der Waals surface area contributed by atoms with Gasteiger partial charge in [0.1, 0.15) is 5.75 Å². The number of ether oxygens (including phenoxy) is 1. The van der Waals surface area contributed by atoms with Crippen molar-refractivity contribution in [3.05, 3.63) is 53.3 Å². The molecule has 0 atom stereocenters. The van der Waals surface area contributed by atoms with Crippen molar-refractivity contribution < 1.29 is 9.53 Å². The molecule has 3 rings (SSSR count). The number of nitrogens with zero attached hydrogens (tertiary/aromatic N) is 3. The third-order valence-corrected chi connectivity index (χ3v) is 4.77. The Bertz CT molecular complexity index is 748. The van der Waals surface area contributed by atoms with Gasteiger partial charge in [-0.3, -0.25) is 19.6 Å². The van der Waals surface area contributed by atoms with E-state index < -0.39 is 0 Å². The molecule has 1 aliphatic heterocycles. The molecule has 0 aliphatic carbocycles. The summed E-state index contributed by atoms with van der Waals surface area (Å²) in [6.07, 6.45) is 1.76. The molecule has 2 aromatic rings. The first kappa shape index (κ1) is 18.6. The predicted molar refractivity (Wildman–Crippen MR) is 103 cm³/mol. The second-order valence-corrected chi connectivity index (χ2v) is 6.64. The molecule has 6 nitrogen and oxygen atoms in total. The van der Waals surface area contributed by atoms with Crippen LogP contribution in [0, 0.1) is 0 Å². The van der Waals surface area contributed by atoms with Crippen molar-refractivity contribution in [2.75, 3.05) is 45.2 Å². The van der Waals surface area contributed by atoms with Crippen molar-refractivity contribution in [2.45, 2.75) is 6.54 Å². The number of amides is 1. The van der Waals surface area contributed by atoms with E-state index in [2.05, 4.69) is 20.1 Å². The summed E-state index contributed by atoms with van der Waals surface area (Å²) in [5.74, 6) is 0.633. The van der Waals surface area contributed by atoms with E-state index in [1.54, 1.807) is 13.3 Å². The number of aromatic nitrogens is 1. The van der Waals surface area contributed by atoms with Crippen LogP contribution in [0.15, 0.2) is 42.6 Å². The second-order valence-electron chi connectivity index (χ2n) is 6.23. The van der Waals surface area contributed by atoms with Gasteiger partial charge in [-0.05, 0) is 24.3 Å². The highest BCUT2D eigenvalue weighted by molar-refractivity contribution is 6.31. The number of rotatable bonds is 6. The largest absolute Gasteiger partial charge is 0.495 e. The molecule has 1 aliphatic rings. The van der Waals surface area contributed by atoms with Crippen molar-refractivity contribution in [3.8, 4) is 5.75 Å². The van der Waals surface area contributed by atoms with Gasteiger partial charge in [-0.2, -0.15) is 0 Å². The molecule has 1 fully saturated rings. The average molecular weight is 375 g/mol. The van der Waals surface area contributed by atoms with E-state index >= 15 is 0 Å². The molecule has 0 bridgehead atoms. The van der Waals surface area contributed by atoms with Crippen LogP contribution in [0.2, 0.25) is 5.02 Å². The van der Waals surface area contributed by atoms with Crippen LogP contribution in [0.4, 0.5) is 5.69 Å². The summed E-state index contributed by atoms with van der Waals surface area (Å²) in [4.78, 5) is 21.1. The Hall–Kier alpha value is -2.15. The topological polar surface area (TPSA) is 57.7 Å². The monoisotopic (exact) mass is 374 g/mol. The molecule has 1 N–H and O–H groups in total. The number of hydrogen-bond acceptors (Lipinski definition) is 5. The zero-order valence-corrected chi connectivity index (χ0v) is 15.6. The van der Waals surface area contributed by atoms with Crippen LogP contribution in [-0.4, -0.2) is 60.5 Å². The van der Waals surface area contributed by atoms with Crippen LogP contribution < -0.4 is 10.1 Å². The smallest absolute Gasteiger partial charge is 0.238 e. The minimum absolute atomic E-state index is 0.0317. The van der Waals surface area contributed by atoms with E-state index in [9.17, 15) is 4.79 Å². The quantitative estimate of drug-likeness (QED) is 0.841. The highest BCUT2D eigenvalue weighted by Gasteiger charge is 2.20. The van der Waals surface area contributed by atoms with Gasteiger partial charge in [0.15, 0.2) is 0 Å². The van der Waals surface area contributed by atoms with Gasteiger partial charge in [-0.15, -0.1) is 0 Å². The fraction of sp³-hybridized carbons (Fsp3) is 0.368. The van der Waals surface area contributed by atoms with Gasteiger partial charge in [-0.1, -0.05) is 23.7 Å². The number of carbonyl (C=O) groups is 1. The Labute approximate surface area is 158 Å². The van der Waals surface area contributed by atoms with Gasteiger partial charge in [-0.25, -0.2) is 0 Å². The van der Waals surface area contributed by atoms with Crippen molar-refractivity contribution in [3.63, 3.8) is 0 Å². The summed E-state index contributed by atoms with van der Waals surface area (Å²) in [6.45, 7) is 4.55. The van der Waals surface area contributed by atoms with Crippen LogP contribution in [0.25, 0.3) is 0 Å². The van der Waals surface area contributed by atoms with E-state index in [1.807, 2.05) is 36.4 Å². The minimum Gasteiger partial charge on any atom is -0.495 e. The molecule has 7 heteroatoms. The Morgan fingerprint density at radius 2 is 1.88 bits per heavy atom. The second kappa shape index (κ2) is 8.98. The molecular weight excluding hydrogens is 352 g/mol. The third kappa shape index (κ3) is 4.94. The zero-order valence-electron chi connectivity index (χ0n) is 14.8. The number of hydrogen-bond donors (Lipinski definition) is 1. The van der Waals surface area contributed by atoms with E-state index in [0.717, 1.165) is 38.4 Å². The van der Waals surface area contributed by atoms with E-state index in [0.29, 0.717) is 23.0 Å². The lowest BCUT2D eigenvalue weighted by molar-refractivity contribution is -0.117. The summed E-state index contributed by atoms with van der Waals surface area (Å²) < 4.78 is 5.26. The SMILES string of the molecule is COc1ccccc1NC(=O)CN1CCN(Cc2ncccc2Cl)CC1. The number of halogens is 1. The standard InChI is InChI=1S/C19H23ClN4O2/c1-26-18-7-3-2-6-16(18)22-19(25)14-24-11-9-23(10-12-24)13-17-15(20)5-4-8-21-17/h2-8H,9-14H2,1H3,(H,22,25). The van der Waals surface area contributed by atoms with Crippen molar-refractivity contribution >= 4 is 23.2 Å². The summed E-state index contributed by atoms with van der Waals surface area (Å²) in [5, 5.41) is 3.62. The summed E-state index contributed by atoms with van der Waals surface area (Å²) in [6, 6.07) is 11.1. The molecule has 0 unspecified atom stereocenters. The van der Waals surface area contributed by atoms with Crippen molar-refractivity contribution in [1.29, 1.82) is 0 Å². The maximum Gasteiger partial charge on any atom is 0.238 e. The minimum atomic E-state index is -0.0317. The first-order valence-electron chi connectivity index (χ1n) is 8.62. The molecule has 1 amide bonds. The summed E-state index contributed by atoms with van der Waals surface area (Å²) in [5.41, 5.74) is 1.60. The van der Waals surface area contributed by atoms with E-state index in [4.69, 9.17) is 16.3 Å². The zero-order chi connectivity index (χ0) is 18.4. The van der Waals surface area contributed by atoms with Crippen molar-refractivity contribution in [2.24, 2.45) is 0 Å². The first-order chi connectivity index (χ1) is 12.7. The Morgan fingerprint density at radius 1 is 1.15 bits per heavy atom. The first-order valence-corrected chi connectivity index (χ1v) is 9.00. The van der Waals surface area contributed by atoms with E-state index in [1.165, 1.54) is 0 Å². The number of benzene rings is 1. The molecule has 0 radical (unpaired) electrons. The maximum atomic E-state index is 12.3. The van der Waals surface area contributed by atoms with Gasteiger partial charge < -0.3 is 10.1 Å². The molecular formula is C19H23ClN4O2. The number of methoxy groups -OCH3 is 1. The molecule has 26 heavy (non-hydrogen) atoms. The van der Waals surface area contributed by atoms with Gasteiger partial charge in [0.2, 0.25) is 5.91 Å². The van der Waals surface area contributed by atoms with Crippen LogP contribution in [0.1, 0.15) is 5.69 Å². The normalized spacial score (nSPS) is 15.6. The fourth-order valence-electron chi connectivity index (χ4n) is 2.99. The number of pyridine rings is 1. The Balaban J connectivity index is 1.46. The molecule has 1 aromatic heterocycles. The lowest BCUT2D eigenvalue weighted by Crippen LogP contribution is -2.48. The number of anilines is 1. The maximum absolute atomic E-state index is 12.3. The van der Waals surface area contributed by atoms with Crippen LogP contribution in [0.3, 0.4) is 0 Å². The Kier molecular flexibility index (Phi) is 6.44. The molecule has 2 heterocycles. The van der Waals surface area contributed by atoms with Crippen LogP contribution >= 0.6 is 11.6 Å². The van der Waals surface area contributed by atoms with Gasteiger partial charge in [0, 0.05) is 38.9 Å². The highest BCUT2D eigenvalue weighted by Crippen LogP contribution is 2.23. The van der Waals surface area contributed by atoms with E-state index in [-0.39, 0.29) is 5.91 Å². The number of para-hydroxylation sites is 2. The highest BCUT2D eigenvalue weighted by atomic mass is 35.5. The Morgan fingerprint density at radius 3 is 2.62 bits per heavy atom. The lowest BCUT2D eigenvalue weighted by Gasteiger charge is -2.34. The fourth-order valence-corrected chi connectivity index (χ4v) is 3.17. The third-order valence-electron chi connectivity index (χ3n) is 4.42. The average Bonchev–Trinajstić information content (AvgIpc) is 2.65. The molecule has 1 aromatic carbocycles. The number of piperazine rings is 1. The number of nitrogens with one attached hydrogen (secondary N) is 1. The number of carbonyl (C=O) groups excluding carboxylic acids is 1. The van der Waals surface area contributed by atoms with Gasteiger partial charge in [0.25, 0.3) is 0 Å².